The summed E-state index contributed by atoms with van der Waals surface area (Å²) in [6, 6.07) is 10.9. The lowest BCUT2D eigenvalue weighted by molar-refractivity contribution is 0.0460. The largest absolute Gasteiger partial charge is 0.490 e. The molecule has 1 saturated carbocycles. The number of fused-ring (bicyclic) bond motifs is 3. The van der Waals surface area contributed by atoms with Crippen molar-refractivity contribution in [3.05, 3.63) is 83.4 Å². The van der Waals surface area contributed by atoms with E-state index in [2.05, 4.69) is 34.9 Å². The molecule has 2 aliphatic carbocycles. The number of amides is 1. The van der Waals surface area contributed by atoms with Gasteiger partial charge in [0.05, 0.1) is 18.4 Å². The van der Waals surface area contributed by atoms with Crippen LogP contribution in [0.1, 0.15) is 67.4 Å². The zero-order chi connectivity index (χ0) is 31.6. The average Bonchev–Trinajstić information content (AvgIpc) is 3.12. The van der Waals surface area contributed by atoms with Crippen LogP contribution < -0.4 is 14.4 Å². The van der Waals surface area contributed by atoms with Crippen LogP contribution in [0, 0.1) is 11.8 Å². The number of hydrogen-bond donors (Lipinski definition) is 2. The van der Waals surface area contributed by atoms with E-state index in [9.17, 15) is 18.3 Å². The molecule has 3 aliphatic rings. The Morgan fingerprint density at radius 2 is 2.07 bits per heavy atom. The van der Waals surface area contributed by atoms with Gasteiger partial charge >= 0.3 is 10.2 Å². The number of carbonyl (C=O) groups is 1. The molecule has 1 heterocycles. The van der Waals surface area contributed by atoms with Crippen LogP contribution >= 0.6 is 11.6 Å². The minimum absolute atomic E-state index is 0.114. The van der Waals surface area contributed by atoms with Gasteiger partial charge in [0.1, 0.15) is 5.75 Å². The smallest absolute Gasteiger partial charge is 0.304 e. The molecule has 2 aromatic rings. The normalized spacial score (nSPS) is 24.2. The highest BCUT2D eigenvalue weighted by molar-refractivity contribution is 7.87. The van der Waals surface area contributed by atoms with Gasteiger partial charge in [-0.1, -0.05) is 36.7 Å². The summed E-state index contributed by atoms with van der Waals surface area (Å²) in [6.45, 7) is 13.1. The first-order chi connectivity index (χ1) is 21.0. The molecule has 0 radical (unpaired) electrons. The highest BCUT2D eigenvalue weighted by Gasteiger charge is 2.44. The highest BCUT2D eigenvalue weighted by atomic mass is 35.5. The monoisotopic (exact) mass is 641 g/mol. The minimum Gasteiger partial charge on any atom is -0.490 e. The lowest BCUT2D eigenvalue weighted by atomic mass is 9.68. The van der Waals surface area contributed by atoms with Gasteiger partial charge in [-0.2, -0.15) is 12.7 Å². The van der Waals surface area contributed by atoms with Gasteiger partial charge in [0.2, 0.25) is 0 Å². The van der Waals surface area contributed by atoms with Crippen molar-refractivity contribution < 1.29 is 23.1 Å². The summed E-state index contributed by atoms with van der Waals surface area (Å²) in [5.74, 6) is 0.304. The van der Waals surface area contributed by atoms with Crippen LogP contribution in [0.15, 0.2) is 61.7 Å². The molecule has 0 unspecified atom stereocenters. The van der Waals surface area contributed by atoms with E-state index in [1.165, 1.54) is 15.4 Å². The minimum atomic E-state index is -4.08. The van der Waals surface area contributed by atoms with Crippen molar-refractivity contribution in [1.82, 2.24) is 9.03 Å². The van der Waals surface area contributed by atoms with E-state index < -0.39 is 22.2 Å². The van der Waals surface area contributed by atoms with Crippen molar-refractivity contribution in [2.75, 3.05) is 31.1 Å². The first-order valence-electron chi connectivity index (χ1n) is 15.6. The number of ether oxygens (including phenoxy) is 1. The fourth-order valence-electron chi connectivity index (χ4n) is 7.30. The summed E-state index contributed by atoms with van der Waals surface area (Å²) in [7, 11) is -4.08. The van der Waals surface area contributed by atoms with Crippen LogP contribution in [-0.2, 0) is 22.0 Å². The van der Waals surface area contributed by atoms with E-state index in [1.807, 2.05) is 6.07 Å². The van der Waals surface area contributed by atoms with Gasteiger partial charge in [-0.25, -0.2) is 4.72 Å². The first-order valence-corrected chi connectivity index (χ1v) is 17.4. The summed E-state index contributed by atoms with van der Waals surface area (Å²) in [4.78, 5) is 15.7. The van der Waals surface area contributed by atoms with Gasteiger partial charge in [-0.15, -0.1) is 13.2 Å². The zero-order valence-electron chi connectivity index (χ0n) is 25.7. The summed E-state index contributed by atoms with van der Waals surface area (Å²) in [5.41, 5.74) is 3.16. The summed E-state index contributed by atoms with van der Waals surface area (Å²) >= 11 is 6.39. The van der Waals surface area contributed by atoms with E-state index in [-0.39, 0.29) is 35.4 Å². The number of carbonyl (C=O) groups excluding carboxylic acids is 1. The number of aliphatic hydroxyl groups is 1. The maximum absolute atomic E-state index is 13.4. The molecule has 2 N–H and O–H groups in total. The third-order valence-electron chi connectivity index (χ3n) is 9.75. The van der Waals surface area contributed by atoms with E-state index in [0.29, 0.717) is 31.9 Å². The second-order valence-corrected chi connectivity index (χ2v) is 14.6. The Balaban J connectivity index is 1.49. The third kappa shape index (κ3) is 6.43. The van der Waals surface area contributed by atoms with Crippen molar-refractivity contribution in [1.29, 1.82) is 0 Å². The summed E-state index contributed by atoms with van der Waals surface area (Å²) in [6.07, 6.45) is 7.98. The van der Waals surface area contributed by atoms with E-state index in [0.717, 1.165) is 42.8 Å². The Bertz CT molecular complexity index is 1510. The van der Waals surface area contributed by atoms with Gasteiger partial charge in [0.25, 0.3) is 5.91 Å². The molecule has 2 aromatic carbocycles. The number of nitrogens with zero attached hydrogens (tertiary/aromatic N) is 2. The maximum atomic E-state index is 13.4. The van der Waals surface area contributed by atoms with Crippen molar-refractivity contribution in [3.8, 4) is 5.75 Å². The van der Waals surface area contributed by atoms with Gasteiger partial charge in [0.15, 0.2) is 0 Å². The van der Waals surface area contributed by atoms with E-state index in [4.69, 9.17) is 16.3 Å². The Labute approximate surface area is 266 Å². The summed E-state index contributed by atoms with van der Waals surface area (Å²) < 4.78 is 36.5. The van der Waals surface area contributed by atoms with E-state index >= 15 is 0 Å². The van der Waals surface area contributed by atoms with Gasteiger partial charge < -0.3 is 14.7 Å². The maximum Gasteiger partial charge on any atom is 0.304 e. The SMILES string of the molecule is C=CC[C@H](C)N(CC)S(=O)(=O)NC(=O)c1ccc2c(c1)N(C[C@@H]1CC[C@H]1[C@@H](O)C=C)C[C@@]1(CCCc3cc(Cl)ccc31)CO2. The van der Waals surface area contributed by atoms with Crippen molar-refractivity contribution >= 4 is 33.4 Å². The van der Waals surface area contributed by atoms with Crippen molar-refractivity contribution in [3.63, 3.8) is 0 Å². The number of rotatable bonds is 11. The molecule has 44 heavy (non-hydrogen) atoms. The van der Waals surface area contributed by atoms with Crippen molar-refractivity contribution in [2.45, 2.75) is 69.9 Å². The van der Waals surface area contributed by atoms with Gasteiger partial charge in [-0.3, -0.25) is 4.79 Å². The van der Waals surface area contributed by atoms with Crippen LogP contribution in [0.25, 0.3) is 0 Å². The Morgan fingerprint density at radius 3 is 2.75 bits per heavy atom. The average molecular weight is 642 g/mol. The van der Waals surface area contributed by atoms with Crippen LogP contribution in [0.3, 0.4) is 0 Å². The molecule has 5 atom stereocenters. The standard InChI is InChI=1S/C34H44ClN3O5S/c1-5-9-23(4)38(7-3)44(41,42)36-33(40)25-12-16-32-30(19-25)37(20-26-11-14-28(26)31(39)6-2)21-34(22-43-32)17-8-10-24-18-27(35)13-15-29(24)34/h5-6,12-13,15-16,18-19,23,26,28,31,39H,1-2,7-11,14,17,20-22H2,3-4H3,(H,36,40)/t23-,26-,28+,31-,34-/m0/s1. The van der Waals surface area contributed by atoms with Crippen LogP contribution in [0.5, 0.6) is 5.75 Å². The predicted octanol–water partition coefficient (Wildman–Crippen LogP) is 5.65. The molecule has 1 amide bonds. The lowest BCUT2D eigenvalue weighted by Crippen LogP contribution is -2.49. The fourth-order valence-corrected chi connectivity index (χ4v) is 8.86. The Morgan fingerprint density at radius 1 is 1.27 bits per heavy atom. The predicted molar refractivity (Wildman–Crippen MR) is 176 cm³/mol. The first kappa shape index (κ1) is 32.5. The Hall–Kier alpha value is -2.85. The van der Waals surface area contributed by atoms with Crippen LogP contribution in [0.4, 0.5) is 5.69 Å². The fraction of sp³-hybridized carbons (Fsp3) is 0.500. The molecule has 1 fully saturated rings. The Kier molecular flexibility index (Phi) is 9.80. The second kappa shape index (κ2) is 13.3. The summed E-state index contributed by atoms with van der Waals surface area (Å²) in [5, 5.41) is 11.3. The highest BCUT2D eigenvalue weighted by Crippen LogP contribution is 2.46. The molecule has 8 nitrogen and oxygen atoms in total. The number of hydrogen-bond acceptors (Lipinski definition) is 6. The van der Waals surface area contributed by atoms with Crippen LogP contribution in [-0.4, -0.2) is 62.1 Å². The van der Waals surface area contributed by atoms with Gasteiger partial charge in [-0.05, 0) is 98.7 Å². The van der Waals surface area contributed by atoms with E-state index in [1.54, 1.807) is 44.2 Å². The molecular weight excluding hydrogens is 598 g/mol. The van der Waals surface area contributed by atoms with Gasteiger partial charge in [0, 0.05) is 41.7 Å². The zero-order valence-corrected chi connectivity index (χ0v) is 27.2. The molecule has 0 bridgehead atoms. The number of anilines is 1. The number of aryl methyl sites for hydroxylation is 1. The van der Waals surface area contributed by atoms with Crippen LogP contribution in [0.2, 0.25) is 5.02 Å². The number of aliphatic hydroxyl groups excluding tert-OH is 1. The number of nitrogens with one attached hydrogen (secondary N) is 1. The number of halogens is 1. The lowest BCUT2D eigenvalue weighted by Gasteiger charge is -2.45. The molecule has 0 saturated heterocycles. The quantitative estimate of drug-likeness (QED) is 0.308. The second-order valence-electron chi connectivity index (χ2n) is 12.5. The molecule has 0 aromatic heterocycles. The topological polar surface area (TPSA) is 99.2 Å². The molecule has 1 aliphatic heterocycles. The molecular formula is C34H44ClN3O5S. The molecule has 10 heteroatoms. The number of benzene rings is 2. The molecule has 238 valence electrons. The molecule has 1 spiro atoms. The third-order valence-corrected chi connectivity index (χ3v) is 11.7. The van der Waals surface area contributed by atoms with Crippen molar-refractivity contribution in [2.24, 2.45) is 11.8 Å². The molecule has 5 rings (SSSR count).